The van der Waals surface area contributed by atoms with E-state index in [1.54, 1.807) is 12.1 Å². The van der Waals surface area contributed by atoms with Crippen molar-refractivity contribution in [2.24, 2.45) is 0 Å². The molecule has 0 radical (unpaired) electrons. The second kappa shape index (κ2) is 6.16. The lowest BCUT2D eigenvalue weighted by atomic mass is 10.1. The zero-order chi connectivity index (χ0) is 15.7. The molecule has 2 aliphatic heterocycles. The van der Waals surface area contributed by atoms with E-state index in [1.165, 1.54) is 12.1 Å². The van der Waals surface area contributed by atoms with Gasteiger partial charge in [0.2, 0.25) is 0 Å². The fourth-order valence-electron chi connectivity index (χ4n) is 3.13. The maximum atomic E-state index is 12.6. The highest BCUT2D eigenvalue weighted by atomic mass is 19.4. The van der Waals surface area contributed by atoms with Crippen LogP contribution in [0.1, 0.15) is 18.1 Å². The zero-order valence-electron chi connectivity index (χ0n) is 12.7. The van der Waals surface area contributed by atoms with Crippen molar-refractivity contribution >= 4 is 0 Å². The molecule has 22 heavy (non-hydrogen) atoms. The fourth-order valence-corrected chi connectivity index (χ4v) is 3.13. The lowest BCUT2D eigenvalue weighted by Crippen LogP contribution is -2.63. The average Bonchev–Trinajstić information content (AvgIpc) is 2.45. The van der Waals surface area contributed by atoms with E-state index in [-0.39, 0.29) is 0 Å². The molecule has 4 nitrogen and oxygen atoms in total. The van der Waals surface area contributed by atoms with Gasteiger partial charge in [-0.25, -0.2) is 0 Å². The first kappa shape index (κ1) is 15.7. The lowest BCUT2D eigenvalue weighted by Gasteiger charge is -2.49. The van der Waals surface area contributed by atoms with Crippen LogP contribution in [0.5, 0.6) is 0 Å². The Morgan fingerprint density at radius 2 is 1.41 bits per heavy atom. The number of hydrogen-bond acceptors (Lipinski definition) is 4. The van der Waals surface area contributed by atoms with Crippen molar-refractivity contribution < 1.29 is 13.2 Å². The molecule has 2 aliphatic rings. The Labute approximate surface area is 128 Å². The minimum Gasteiger partial charge on any atom is -0.278 e. The summed E-state index contributed by atoms with van der Waals surface area (Å²) in [4.78, 5) is 9.33. The topological polar surface area (TPSA) is 13.0 Å². The number of fused-ring (bicyclic) bond motifs is 2. The van der Waals surface area contributed by atoms with Crippen LogP contribution >= 0.6 is 0 Å². The third kappa shape index (κ3) is 3.60. The molecule has 0 aliphatic carbocycles. The predicted molar refractivity (Wildman–Crippen MR) is 77.4 cm³/mol. The molecular weight excluding hydrogens is 293 g/mol. The van der Waals surface area contributed by atoms with Crippen LogP contribution in [0, 0.1) is 0 Å². The Morgan fingerprint density at radius 1 is 0.864 bits per heavy atom. The van der Waals surface area contributed by atoms with Gasteiger partial charge in [-0.1, -0.05) is 19.1 Å². The van der Waals surface area contributed by atoms with Gasteiger partial charge in [0.05, 0.1) is 38.9 Å². The average molecular weight is 314 g/mol. The molecule has 0 N–H and O–H groups in total. The molecule has 0 spiro atoms. The van der Waals surface area contributed by atoms with E-state index in [0.29, 0.717) is 6.54 Å². The quantitative estimate of drug-likeness (QED) is 0.848. The van der Waals surface area contributed by atoms with Gasteiger partial charge in [-0.2, -0.15) is 13.2 Å². The summed E-state index contributed by atoms with van der Waals surface area (Å²) in [6.07, 6.45) is -4.26. The fraction of sp³-hybridized carbons (Fsp3) is 0.600. The molecule has 3 rings (SSSR count). The Kier molecular flexibility index (Phi) is 4.40. The van der Waals surface area contributed by atoms with Crippen LogP contribution in [0.25, 0.3) is 0 Å². The van der Waals surface area contributed by atoms with E-state index in [0.717, 1.165) is 45.5 Å². The first-order valence-electron chi connectivity index (χ1n) is 7.49. The maximum Gasteiger partial charge on any atom is 0.416 e. The van der Waals surface area contributed by atoms with Crippen LogP contribution in [-0.4, -0.2) is 59.5 Å². The van der Waals surface area contributed by atoms with Crippen LogP contribution in [0.4, 0.5) is 13.2 Å². The van der Waals surface area contributed by atoms with Crippen molar-refractivity contribution in [3.8, 4) is 0 Å². The molecule has 2 fully saturated rings. The van der Waals surface area contributed by atoms with Crippen molar-refractivity contribution in [2.45, 2.75) is 19.6 Å². The normalized spacial score (nSPS) is 27.1. The van der Waals surface area contributed by atoms with Gasteiger partial charge in [0.1, 0.15) is 0 Å². The van der Waals surface area contributed by atoms with E-state index in [4.69, 9.17) is 0 Å². The van der Waals surface area contributed by atoms with Gasteiger partial charge in [-0.3, -0.25) is 19.6 Å². The van der Waals surface area contributed by atoms with Gasteiger partial charge >= 0.3 is 6.18 Å². The summed E-state index contributed by atoms with van der Waals surface area (Å²) in [5.74, 6) is 0. The number of hydrogen-bond donors (Lipinski definition) is 0. The molecule has 0 aromatic heterocycles. The third-order valence-electron chi connectivity index (χ3n) is 4.13. The standard InChI is InChI=1S/C15H21F3N4/c1-2-19-8-21-10-20(11-22(9-19)12-21)7-13-3-5-14(6-4-13)15(16,17)18/h3-6H,2,7-12H2,1H3. The van der Waals surface area contributed by atoms with E-state index in [1.807, 2.05) is 0 Å². The van der Waals surface area contributed by atoms with Crippen molar-refractivity contribution in [1.29, 1.82) is 0 Å². The van der Waals surface area contributed by atoms with E-state index >= 15 is 0 Å². The van der Waals surface area contributed by atoms with Crippen LogP contribution < -0.4 is 0 Å². The molecule has 122 valence electrons. The van der Waals surface area contributed by atoms with Gasteiger partial charge in [0, 0.05) is 6.54 Å². The molecule has 2 heterocycles. The minimum absolute atomic E-state index is 0.585. The highest BCUT2D eigenvalue weighted by Crippen LogP contribution is 2.29. The maximum absolute atomic E-state index is 12.6. The summed E-state index contributed by atoms with van der Waals surface area (Å²) in [6, 6.07) is 5.49. The first-order valence-corrected chi connectivity index (χ1v) is 7.49. The second-order valence-corrected chi connectivity index (χ2v) is 6.06. The molecule has 2 unspecified atom stereocenters. The summed E-state index contributed by atoms with van der Waals surface area (Å²) in [6.45, 7) is 8.46. The Hall–Kier alpha value is -1.15. The van der Waals surface area contributed by atoms with Gasteiger partial charge in [-0.15, -0.1) is 0 Å². The minimum atomic E-state index is -4.26. The van der Waals surface area contributed by atoms with Crippen LogP contribution in [-0.2, 0) is 12.7 Å². The summed E-state index contributed by atoms with van der Waals surface area (Å²) in [5.41, 5.74) is 0.334. The van der Waals surface area contributed by atoms with Gasteiger partial charge in [-0.05, 0) is 24.2 Å². The largest absolute Gasteiger partial charge is 0.416 e. The predicted octanol–water partition coefficient (Wildman–Crippen LogP) is 2.25. The van der Waals surface area contributed by atoms with E-state index < -0.39 is 11.7 Å². The van der Waals surface area contributed by atoms with Crippen molar-refractivity contribution in [3.63, 3.8) is 0 Å². The van der Waals surface area contributed by atoms with Gasteiger partial charge in [0.25, 0.3) is 0 Å². The summed E-state index contributed by atoms with van der Waals surface area (Å²) >= 11 is 0. The molecule has 2 atom stereocenters. The molecular formula is C15H21F3N4. The number of rotatable bonds is 3. The highest BCUT2D eigenvalue weighted by Gasteiger charge is 2.31. The molecule has 2 saturated heterocycles. The van der Waals surface area contributed by atoms with Crippen molar-refractivity contribution in [3.05, 3.63) is 35.4 Å². The third-order valence-corrected chi connectivity index (χ3v) is 4.13. The van der Waals surface area contributed by atoms with E-state index in [9.17, 15) is 13.2 Å². The van der Waals surface area contributed by atoms with Crippen LogP contribution in [0.3, 0.4) is 0 Å². The zero-order valence-corrected chi connectivity index (χ0v) is 12.7. The monoisotopic (exact) mass is 314 g/mol. The van der Waals surface area contributed by atoms with Crippen LogP contribution in [0.2, 0.25) is 0 Å². The Balaban J connectivity index is 1.60. The number of halogens is 3. The van der Waals surface area contributed by atoms with Crippen molar-refractivity contribution in [1.82, 2.24) is 19.6 Å². The lowest BCUT2D eigenvalue weighted by molar-refractivity contribution is -0.137. The Bertz CT molecular complexity index is 489. The van der Waals surface area contributed by atoms with Crippen molar-refractivity contribution in [2.75, 3.05) is 39.9 Å². The second-order valence-electron chi connectivity index (χ2n) is 6.06. The number of benzene rings is 1. The molecule has 1 aromatic carbocycles. The molecule has 1 aromatic rings. The summed E-state index contributed by atoms with van der Waals surface area (Å²) in [5, 5.41) is 0. The molecule has 0 saturated carbocycles. The van der Waals surface area contributed by atoms with E-state index in [2.05, 4.69) is 26.5 Å². The molecule has 7 heteroatoms. The number of alkyl halides is 3. The highest BCUT2D eigenvalue weighted by molar-refractivity contribution is 5.24. The van der Waals surface area contributed by atoms with Gasteiger partial charge in [0.15, 0.2) is 0 Å². The summed E-state index contributed by atoms with van der Waals surface area (Å²) < 4.78 is 37.7. The Morgan fingerprint density at radius 3 is 1.91 bits per heavy atom. The SMILES string of the molecule is CCN1CN2CN(Cc3ccc(C(F)(F)F)cc3)CN(C1)C2. The smallest absolute Gasteiger partial charge is 0.278 e. The first-order chi connectivity index (χ1) is 10.4. The van der Waals surface area contributed by atoms with Gasteiger partial charge < -0.3 is 0 Å². The molecule has 0 amide bonds. The number of nitrogens with zero attached hydrogens (tertiary/aromatic N) is 4. The van der Waals surface area contributed by atoms with Crippen LogP contribution in [0.15, 0.2) is 24.3 Å². The summed E-state index contributed by atoms with van der Waals surface area (Å²) in [7, 11) is 0. The molecule has 2 bridgehead atoms.